The number of aliphatic imine (C=N–C) groups is 1. The zero-order chi connectivity index (χ0) is 21.1. The smallest absolute Gasteiger partial charge is 0.422 e. The van der Waals surface area contributed by atoms with E-state index in [0.29, 0.717) is 24.6 Å². The molecular weight excluding hydrogens is 385 g/mol. The van der Waals surface area contributed by atoms with E-state index in [4.69, 9.17) is 9.47 Å². The fraction of sp³-hybridized carbons (Fsp3) is 0.400. The van der Waals surface area contributed by atoms with Gasteiger partial charge in [0, 0.05) is 24.8 Å². The van der Waals surface area contributed by atoms with Crippen molar-refractivity contribution in [3.63, 3.8) is 0 Å². The van der Waals surface area contributed by atoms with Crippen molar-refractivity contribution in [3.05, 3.63) is 53.7 Å². The lowest BCUT2D eigenvalue weighted by Gasteiger charge is -2.14. The molecule has 0 saturated heterocycles. The van der Waals surface area contributed by atoms with E-state index in [0.717, 1.165) is 17.7 Å². The van der Waals surface area contributed by atoms with Gasteiger partial charge in [0.15, 0.2) is 12.6 Å². The summed E-state index contributed by atoms with van der Waals surface area (Å²) >= 11 is 0. The van der Waals surface area contributed by atoms with Gasteiger partial charge in [0.05, 0.1) is 13.7 Å². The molecule has 0 unspecified atom stereocenters. The van der Waals surface area contributed by atoms with Crippen LogP contribution in [0, 0.1) is 0 Å². The van der Waals surface area contributed by atoms with Gasteiger partial charge in [0.2, 0.25) is 5.88 Å². The van der Waals surface area contributed by atoms with Gasteiger partial charge in [-0.1, -0.05) is 24.3 Å². The van der Waals surface area contributed by atoms with Crippen LogP contribution in [0.4, 0.5) is 13.2 Å². The molecule has 2 rings (SSSR count). The van der Waals surface area contributed by atoms with Crippen LogP contribution in [0.15, 0.2) is 47.6 Å². The Morgan fingerprint density at radius 2 is 1.86 bits per heavy atom. The van der Waals surface area contributed by atoms with Crippen LogP contribution in [0.3, 0.4) is 0 Å². The molecule has 0 aliphatic heterocycles. The summed E-state index contributed by atoms with van der Waals surface area (Å²) in [7, 11) is 1.63. The Bertz CT molecular complexity index is 797. The van der Waals surface area contributed by atoms with E-state index in [1.807, 2.05) is 31.2 Å². The number of nitrogens with one attached hydrogen (secondary N) is 2. The highest BCUT2D eigenvalue weighted by molar-refractivity contribution is 5.79. The zero-order valence-electron chi connectivity index (χ0n) is 16.4. The molecule has 6 nitrogen and oxygen atoms in total. The van der Waals surface area contributed by atoms with Gasteiger partial charge in [-0.2, -0.15) is 13.2 Å². The Hall–Kier alpha value is -2.97. The quantitative estimate of drug-likeness (QED) is 0.490. The number of nitrogens with zero attached hydrogens (tertiary/aromatic N) is 2. The van der Waals surface area contributed by atoms with Crippen LogP contribution >= 0.6 is 0 Å². The lowest BCUT2D eigenvalue weighted by Crippen LogP contribution is -2.38. The van der Waals surface area contributed by atoms with E-state index in [9.17, 15) is 13.2 Å². The lowest BCUT2D eigenvalue weighted by atomic mass is 10.1. The second kappa shape index (κ2) is 11.1. The van der Waals surface area contributed by atoms with Crippen molar-refractivity contribution in [2.75, 3.05) is 26.8 Å². The fourth-order valence-corrected chi connectivity index (χ4v) is 2.56. The average Bonchev–Trinajstić information content (AvgIpc) is 2.71. The number of hydrogen-bond acceptors (Lipinski definition) is 4. The summed E-state index contributed by atoms with van der Waals surface area (Å²) in [5, 5.41) is 6.32. The van der Waals surface area contributed by atoms with Gasteiger partial charge in [-0.05, 0) is 31.0 Å². The first-order chi connectivity index (χ1) is 13.9. The predicted octanol–water partition coefficient (Wildman–Crippen LogP) is 3.33. The number of rotatable bonds is 9. The van der Waals surface area contributed by atoms with Crippen LogP contribution in [-0.4, -0.2) is 43.9 Å². The highest BCUT2D eigenvalue weighted by Gasteiger charge is 2.29. The number of hydrogen-bond donors (Lipinski definition) is 2. The third-order valence-corrected chi connectivity index (χ3v) is 3.85. The van der Waals surface area contributed by atoms with Crippen molar-refractivity contribution in [2.24, 2.45) is 4.99 Å². The molecule has 1 aromatic heterocycles. The van der Waals surface area contributed by atoms with E-state index in [1.54, 1.807) is 19.2 Å². The maximum atomic E-state index is 12.4. The number of guanidine groups is 1. The third kappa shape index (κ3) is 7.89. The van der Waals surface area contributed by atoms with Crippen molar-refractivity contribution >= 4 is 5.96 Å². The molecular formula is C20H25F3N4O2. The topological polar surface area (TPSA) is 67.8 Å². The van der Waals surface area contributed by atoms with Crippen molar-refractivity contribution in [1.29, 1.82) is 0 Å². The van der Waals surface area contributed by atoms with E-state index in [1.165, 1.54) is 6.20 Å². The normalized spacial score (nSPS) is 11.8. The molecule has 0 aliphatic carbocycles. The third-order valence-electron chi connectivity index (χ3n) is 3.85. The summed E-state index contributed by atoms with van der Waals surface area (Å²) in [4.78, 5) is 8.30. The second-order valence-corrected chi connectivity index (χ2v) is 6.06. The molecule has 1 aromatic carbocycles. The van der Waals surface area contributed by atoms with E-state index in [-0.39, 0.29) is 12.4 Å². The standard InChI is InChI=1S/C20H25F3N4O2/c1-3-24-19(26-12-10-15-7-4-5-9-17(15)28-2)27-13-16-8-6-11-25-18(16)29-14-20(21,22)23/h4-9,11H,3,10,12-14H2,1-2H3,(H2,24,26,27). The Kier molecular flexibility index (Phi) is 8.57. The van der Waals surface area contributed by atoms with Crippen molar-refractivity contribution in [2.45, 2.75) is 26.1 Å². The molecule has 1 heterocycles. The maximum Gasteiger partial charge on any atom is 0.422 e. The summed E-state index contributed by atoms with van der Waals surface area (Å²) in [6.45, 7) is 1.92. The van der Waals surface area contributed by atoms with Crippen LogP contribution < -0.4 is 20.1 Å². The van der Waals surface area contributed by atoms with Gasteiger partial charge in [0.1, 0.15) is 5.75 Å². The van der Waals surface area contributed by atoms with Crippen molar-refractivity contribution in [3.8, 4) is 11.6 Å². The minimum atomic E-state index is -4.42. The molecule has 0 fully saturated rings. The minimum Gasteiger partial charge on any atom is -0.496 e. The number of para-hydroxylation sites is 1. The SMILES string of the molecule is CCNC(=NCc1cccnc1OCC(F)(F)F)NCCc1ccccc1OC. The van der Waals surface area contributed by atoms with E-state index < -0.39 is 12.8 Å². The molecule has 0 radical (unpaired) electrons. The van der Waals surface area contributed by atoms with Crippen LogP contribution in [-0.2, 0) is 13.0 Å². The molecule has 0 saturated carbocycles. The Morgan fingerprint density at radius 3 is 2.59 bits per heavy atom. The zero-order valence-corrected chi connectivity index (χ0v) is 16.4. The first-order valence-corrected chi connectivity index (χ1v) is 9.20. The summed E-state index contributed by atoms with van der Waals surface area (Å²) in [6.07, 6.45) is -2.32. The molecule has 0 bridgehead atoms. The first kappa shape index (κ1) is 22.3. The monoisotopic (exact) mass is 410 g/mol. The van der Waals surface area contributed by atoms with Gasteiger partial charge in [-0.15, -0.1) is 0 Å². The van der Waals surface area contributed by atoms with Crippen molar-refractivity contribution < 1.29 is 22.6 Å². The number of alkyl halides is 3. The lowest BCUT2D eigenvalue weighted by molar-refractivity contribution is -0.154. The average molecular weight is 410 g/mol. The highest BCUT2D eigenvalue weighted by Crippen LogP contribution is 2.20. The number of methoxy groups -OCH3 is 1. The van der Waals surface area contributed by atoms with Crippen LogP contribution in [0.5, 0.6) is 11.6 Å². The summed E-state index contributed by atoms with van der Waals surface area (Å²) in [5.74, 6) is 1.30. The van der Waals surface area contributed by atoms with Gasteiger partial charge < -0.3 is 20.1 Å². The molecule has 2 aromatic rings. The van der Waals surface area contributed by atoms with Crippen LogP contribution in [0.2, 0.25) is 0 Å². The highest BCUT2D eigenvalue weighted by atomic mass is 19.4. The Balaban J connectivity index is 1.98. The minimum absolute atomic E-state index is 0.0709. The molecule has 9 heteroatoms. The van der Waals surface area contributed by atoms with Crippen LogP contribution in [0.25, 0.3) is 0 Å². The molecule has 158 valence electrons. The number of aromatic nitrogens is 1. The van der Waals surface area contributed by atoms with Gasteiger partial charge in [0.25, 0.3) is 0 Å². The molecule has 2 N–H and O–H groups in total. The molecule has 0 spiro atoms. The largest absolute Gasteiger partial charge is 0.496 e. The van der Waals surface area contributed by atoms with Crippen LogP contribution in [0.1, 0.15) is 18.1 Å². The van der Waals surface area contributed by atoms with Gasteiger partial charge in [-0.3, -0.25) is 0 Å². The maximum absolute atomic E-state index is 12.4. The fourth-order valence-electron chi connectivity index (χ4n) is 2.56. The Morgan fingerprint density at radius 1 is 1.10 bits per heavy atom. The van der Waals surface area contributed by atoms with Gasteiger partial charge in [-0.25, -0.2) is 9.98 Å². The molecule has 0 amide bonds. The number of benzene rings is 1. The van der Waals surface area contributed by atoms with Crippen molar-refractivity contribution in [1.82, 2.24) is 15.6 Å². The number of ether oxygens (including phenoxy) is 2. The second-order valence-electron chi connectivity index (χ2n) is 6.06. The first-order valence-electron chi connectivity index (χ1n) is 9.20. The predicted molar refractivity (Wildman–Crippen MR) is 105 cm³/mol. The van der Waals surface area contributed by atoms with E-state index >= 15 is 0 Å². The molecule has 29 heavy (non-hydrogen) atoms. The Labute approximate surface area is 168 Å². The number of halogens is 3. The van der Waals surface area contributed by atoms with Gasteiger partial charge >= 0.3 is 6.18 Å². The summed E-state index contributed by atoms with van der Waals surface area (Å²) in [5.41, 5.74) is 1.53. The molecule has 0 aliphatic rings. The summed E-state index contributed by atoms with van der Waals surface area (Å²) in [6, 6.07) is 11.0. The number of pyridine rings is 1. The molecule has 0 atom stereocenters. The summed E-state index contributed by atoms with van der Waals surface area (Å²) < 4.78 is 47.4. The van der Waals surface area contributed by atoms with E-state index in [2.05, 4.69) is 20.6 Å².